The summed E-state index contributed by atoms with van der Waals surface area (Å²) in [6.45, 7) is 12.3. The molecule has 1 N–H and O–H groups in total. The average Bonchev–Trinajstić information content (AvgIpc) is 2.53. The maximum Gasteiger partial charge on any atom is 0.251 e. The molecule has 1 atom stereocenters. The molecule has 0 saturated heterocycles. The molecule has 0 aliphatic carbocycles. The number of aryl methyl sites for hydroxylation is 2. The van der Waals surface area contributed by atoms with Crippen LogP contribution in [0.5, 0.6) is 5.75 Å². The summed E-state index contributed by atoms with van der Waals surface area (Å²) in [5.41, 5.74) is 5.06. The van der Waals surface area contributed by atoms with E-state index in [1.54, 1.807) is 12.1 Å². The minimum absolute atomic E-state index is 0.0573. The number of carbonyl (C=O) groups is 1. The second-order valence-electron chi connectivity index (χ2n) is 6.33. The second-order valence-corrected chi connectivity index (χ2v) is 6.33. The molecule has 0 spiro atoms. The van der Waals surface area contributed by atoms with Gasteiger partial charge in [-0.25, -0.2) is 0 Å². The lowest BCUT2D eigenvalue weighted by Gasteiger charge is -2.17. The summed E-state index contributed by atoms with van der Waals surface area (Å²) < 4.78 is 5.60. The van der Waals surface area contributed by atoms with Gasteiger partial charge in [-0.2, -0.15) is 0 Å². The van der Waals surface area contributed by atoms with Crippen LogP contribution in [0.4, 0.5) is 0 Å². The Bertz CT molecular complexity index is 749. The Balaban J connectivity index is 2.08. The number of rotatable bonds is 6. The molecule has 3 nitrogen and oxygen atoms in total. The zero-order chi connectivity index (χ0) is 17.7. The fraction of sp³-hybridized carbons (Fsp3) is 0.286. The zero-order valence-corrected chi connectivity index (χ0v) is 14.8. The van der Waals surface area contributed by atoms with Crippen LogP contribution in [-0.4, -0.2) is 12.5 Å². The topological polar surface area (TPSA) is 38.3 Å². The van der Waals surface area contributed by atoms with Crippen molar-refractivity contribution in [2.45, 2.75) is 33.7 Å². The molecule has 0 aromatic heterocycles. The molecule has 0 aliphatic rings. The normalized spacial score (nSPS) is 11.7. The van der Waals surface area contributed by atoms with Crippen LogP contribution in [0.25, 0.3) is 0 Å². The van der Waals surface area contributed by atoms with Crippen molar-refractivity contribution in [3.63, 3.8) is 0 Å². The summed E-state index contributed by atoms with van der Waals surface area (Å²) >= 11 is 0. The monoisotopic (exact) mass is 323 g/mol. The van der Waals surface area contributed by atoms with Crippen molar-refractivity contribution in [1.82, 2.24) is 5.32 Å². The van der Waals surface area contributed by atoms with Gasteiger partial charge in [0, 0.05) is 5.56 Å². The summed E-state index contributed by atoms with van der Waals surface area (Å²) in [6, 6.07) is 13.4. The van der Waals surface area contributed by atoms with Gasteiger partial charge in [0.05, 0.1) is 6.04 Å². The van der Waals surface area contributed by atoms with E-state index in [0.717, 1.165) is 11.1 Å². The van der Waals surface area contributed by atoms with Gasteiger partial charge in [0.25, 0.3) is 5.91 Å². The van der Waals surface area contributed by atoms with Gasteiger partial charge in [0.1, 0.15) is 12.4 Å². The highest BCUT2D eigenvalue weighted by Crippen LogP contribution is 2.20. The summed E-state index contributed by atoms with van der Waals surface area (Å²) in [4.78, 5) is 12.5. The van der Waals surface area contributed by atoms with Gasteiger partial charge in [-0.05, 0) is 62.6 Å². The third-order valence-corrected chi connectivity index (χ3v) is 3.82. The summed E-state index contributed by atoms with van der Waals surface area (Å²) in [5.74, 6) is 0.563. The largest absolute Gasteiger partial charge is 0.489 e. The van der Waals surface area contributed by atoms with Crippen molar-refractivity contribution in [3.05, 3.63) is 76.9 Å². The van der Waals surface area contributed by atoms with Crippen molar-refractivity contribution < 1.29 is 9.53 Å². The van der Waals surface area contributed by atoms with Crippen LogP contribution in [0.2, 0.25) is 0 Å². The first kappa shape index (κ1) is 17.8. The molecule has 0 unspecified atom stereocenters. The van der Waals surface area contributed by atoms with Gasteiger partial charge >= 0.3 is 0 Å². The van der Waals surface area contributed by atoms with Gasteiger partial charge in [-0.1, -0.05) is 36.4 Å². The van der Waals surface area contributed by atoms with Gasteiger partial charge in [-0.15, -0.1) is 0 Å². The molecule has 0 bridgehead atoms. The lowest BCUT2D eigenvalue weighted by atomic mass is 10.00. The zero-order valence-electron chi connectivity index (χ0n) is 14.8. The molecular formula is C21H25NO2. The molecule has 126 valence electrons. The van der Waals surface area contributed by atoms with Crippen LogP contribution < -0.4 is 10.1 Å². The molecule has 2 rings (SSSR count). The van der Waals surface area contributed by atoms with E-state index < -0.39 is 0 Å². The van der Waals surface area contributed by atoms with E-state index in [2.05, 4.69) is 43.9 Å². The third-order valence-electron chi connectivity index (χ3n) is 3.82. The maximum absolute atomic E-state index is 12.5. The van der Waals surface area contributed by atoms with Crippen LogP contribution in [0.15, 0.2) is 54.6 Å². The van der Waals surface area contributed by atoms with E-state index in [4.69, 9.17) is 4.74 Å². The van der Waals surface area contributed by atoms with Gasteiger partial charge in [-0.3, -0.25) is 4.79 Å². The number of ether oxygens (including phenoxy) is 1. The Hall–Kier alpha value is -2.55. The summed E-state index contributed by atoms with van der Waals surface area (Å²) in [6.07, 6.45) is 0. The molecule has 0 radical (unpaired) electrons. The predicted molar refractivity (Wildman–Crippen MR) is 98.5 cm³/mol. The van der Waals surface area contributed by atoms with Crippen LogP contribution in [0, 0.1) is 13.8 Å². The first-order valence-electron chi connectivity index (χ1n) is 8.12. The van der Waals surface area contributed by atoms with E-state index in [1.165, 1.54) is 11.1 Å². The van der Waals surface area contributed by atoms with E-state index >= 15 is 0 Å². The molecule has 0 saturated carbocycles. The number of hydrogen-bond donors (Lipinski definition) is 1. The van der Waals surface area contributed by atoms with Crippen molar-refractivity contribution in [2.75, 3.05) is 6.61 Å². The first-order chi connectivity index (χ1) is 11.4. The minimum Gasteiger partial charge on any atom is -0.489 e. The molecule has 1 amide bonds. The lowest BCUT2D eigenvalue weighted by Crippen LogP contribution is -2.27. The van der Waals surface area contributed by atoms with Gasteiger partial charge in [0.15, 0.2) is 0 Å². The van der Waals surface area contributed by atoms with Crippen molar-refractivity contribution in [3.8, 4) is 5.75 Å². The molecular weight excluding hydrogens is 298 g/mol. The highest BCUT2D eigenvalue weighted by molar-refractivity contribution is 5.94. The average molecular weight is 323 g/mol. The number of nitrogens with one attached hydrogen (secondary N) is 1. The molecule has 24 heavy (non-hydrogen) atoms. The number of hydrogen-bond acceptors (Lipinski definition) is 2. The van der Waals surface area contributed by atoms with Crippen molar-refractivity contribution in [1.29, 1.82) is 0 Å². The molecule has 2 aromatic rings. The highest BCUT2D eigenvalue weighted by Gasteiger charge is 2.13. The van der Waals surface area contributed by atoms with E-state index in [1.807, 2.05) is 26.0 Å². The lowest BCUT2D eigenvalue weighted by molar-refractivity contribution is 0.0939. The fourth-order valence-electron chi connectivity index (χ4n) is 2.60. The number of amides is 1. The number of carbonyl (C=O) groups excluding carboxylic acids is 1. The molecule has 3 heteroatoms. The fourth-order valence-corrected chi connectivity index (χ4v) is 2.60. The summed E-state index contributed by atoms with van der Waals surface area (Å²) in [5, 5.41) is 3.05. The van der Waals surface area contributed by atoms with Crippen LogP contribution in [-0.2, 0) is 0 Å². The Kier molecular flexibility index (Phi) is 5.80. The smallest absolute Gasteiger partial charge is 0.251 e. The van der Waals surface area contributed by atoms with Crippen LogP contribution in [0.1, 0.15) is 46.9 Å². The van der Waals surface area contributed by atoms with Gasteiger partial charge in [0.2, 0.25) is 0 Å². The first-order valence-corrected chi connectivity index (χ1v) is 8.12. The Morgan fingerprint density at radius 2 is 1.96 bits per heavy atom. The van der Waals surface area contributed by atoms with E-state index in [9.17, 15) is 4.79 Å². The Morgan fingerprint density at radius 1 is 1.21 bits per heavy atom. The summed E-state index contributed by atoms with van der Waals surface area (Å²) in [7, 11) is 0. The molecule has 0 aliphatic heterocycles. The Morgan fingerprint density at radius 3 is 2.62 bits per heavy atom. The van der Waals surface area contributed by atoms with Crippen LogP contribution in [0.3, 0.4) is 0 Å². The highest BCUT2D eigenvalue weighted by atomic mass is 16.5. The second kappa shape index (κ2) is 7.82. The maximum atomic E-state index is 12.5. The molecule has 0 heterocycles. The van der Waals surface area contributed by atoms with Crippen LogP contribution >= 0.6 is 0 Å². The predicted octanol–water partition coefficient (Wildman–Crippen LogP) is 4.75. The molecule has 0 fully saturated rings. The Labute approximate surface area is 144 Å². The van der Waals surface area contributed by atoms with E-state index in [0.29, 0.717) is 17.9 Å². The standard InChI is InChI=1S/C21H25NO2/c1-14(2)13-24-19-8-6-7-18(12-19)21(23)22-17(5)20-10-9-15(3)11-16(20)4/h6-12,17H,1,13H2,2-5H3,(H,22,23)/t17-/m1/s1. The van der Waals surface area contributed by atoms with Crippen molar-refractivity contribution in [2.24, 2.45) is 0 Å². The van der Waals surface area contributed by atoms with Crippen molar-refractivity contribution >= 4 is 5.91 Å². The third kappa shape index (κ3) is 4.72. The van der Waals surface area contributed by atoms with Gasteiger partial charge < -0.3 is 10.1 Å². The molecule has 2 aromatic carbocycles. The number of benzene rings is 2. The quantitative estimate of drug-likeness (QED) is 0.779. The minimum atomic E-state index is -0.108. The SMILES string of the molecule is C=C(C)COc1cccc(C(=O)N[C@H](C)c2ccc(C)cc2C)c1. The van der Waals surface area contributed by atoms with E-state index in [-0.39, 0.29) is 11.9 Å².